The molecule has 0 bridgehead atoms. The van der Waals surface area contributed by atoms with Gasteiger partial charge in [0, 0.05) is 6.04 Å². The van der Waals surface area contributed by atoms with Crippen LogP contribution in [-0.4, -0.2) is 94.6 Å². The van der Waals surface area contributed by atoms with Gasteiger partial charge in [-0.1, -0.05) is 18.6 Å². The van der Waals surface area contributed by atoms with E-state index in [-0.39, 0.29) is 28.8 Å². The molecule has 208 valence electrons. The molecule has 1 aliphatic heterocycles. The normalized spacial score (nSPS) is 23.0. The highest BCUT2D eigenvalue weighted by molar-refractivity contribution is 7.80. The van der Waals surface area contributed by atoms with E-state index in [4.69, 9.17) is 37.2 Å². The number of ether oxygens (including phenoxy) is 2. The third-order valence-corrected chi connectivity index (χ3v) is 7.50. The number of aryl methyl sites for hydroxylation is 1. The van der Waals surface area contributed by atoms with Gasteiger partial charge in [-0.15, -0.1) is 5.10 Å². The van der Waals surface area contributed by atoms with E-state index in [1.54, 1.807) is 19.9 Å². The van der Waals surface area contributed by atoms with Crippen molar-refractivity contribution in [2.75, 3.05) is 13.2 Å². The Bertz CT molecular complexity index is 1270. The van der Waals surface area contributed by atoms with E-state index in [0.29, 0.717) is 18.5 Å². The van der Waals surface area contributed by atoms with Gasteiger partial charge in [-0.3, -0.25) is 9.88 Å². The fourth-order valence-corrected chi connectivity index (χ4v) is 5.35. The molecule has 2 aromatic heterocycles. The Labute approximate surface area is 223 Å². The van der Waals surface area contributed by atoms with Crippen molar-refractivity contribution in [2.45, 2.75) is 70.0 Å². The summed E-state index contributed by atoms with van der Waals surface area (Å²) in [5, 5.41) is 54.6. The summed E-state index contributed by atoms with van der Waals surface area (Å²) in [5.74, 6) is -2.89. The summed E-state index contributed by atoms with van der Waals surface area (Å²) in [6, 6.07) is 1.59. The number of aliphatic carboxylic acids is 1. The molecule has 1 fully saturated rings. The monoisotopic (exact) mass is 572 g/mol. The van der Waals surface area contributed by atoms with E-state index < -0.39 is 56.8 Å². The van der Waals surface area contributed by atoms with Crippen LogP contribution in [0.2, 0.25) is 0 Å². The molecule has 0 spiro atoms. The molecular formula is C20H29N8O8PS. The number of aliphatic hydroxyl groups is 2. The lowest BCUT2D eigenvalue weighted by molar-refractivity contribution is -0.148. The molecule has 6 N–H and O–H groups in total. The molecule has 2 aromatic rings. The first-order valence-electron chi connectivity index (χ1n) is 11.6. The van der Waals surface area contributed by atoms with Crippen molar-refractivity contribution < 1.29 is 34.1 Å². The van der Waals surface area contributed by atoms with E-state index in [9.17, 15) is 24.9 Å². The number of aromatic nitrogens is 5. The summed E-state index contributed by atoms with van der Waals surface area (Å²) >= 11 is 5.00. The van der Waals surface area contributed by atoms with Crippen LogP contribution in [0.1, 0.15) is 39.1 Å². The molecule has 1 aliphatic rings. The molecule has 6 unspecified atom stereocenters. The van der Waals surface area contributed by atoms with Gasteiger partial charge < -0.3 is 35.1 Å². The van der Waals surface area contributed by atoms with E-state index in [1.165, 1.54) is 0 Å². The van der Waals surface area contributed by atoms with Gasteiger partial charge in [0.2, 0.25) is 5.85 Å². The molecule has 0 aromatic carbocycles. The van der Waals surface area contributed by atoms with Gasteiger partial charge in [0.25, 0.3) is 5.56 Å². The molecule has 38 heavy (non-hydrogen) atoms. The van der Waals surface area contributed by atoms with Gasteiger partial charge in [0.1, 0.15) is 38.7 Å². The Balaban J connectivity index is 1.85. The number of aliphatic hydroxyl groups excluding tert-OH is 2. The van der Waals surface area contributed by atoms with Crippen molar-refractivity contribution >= 4 is 42.6 Å². The van der Waals surface area contributed by atoms with E-state index in [1.807, 2.05) is 6.92 Å². The van der Waals surface area contributed by atoms with Crippen molar-refractivity contribution in [1.29, 1.82) is 5.26 Å². The molecule has 0 aliphatic carbocycles. The maximum absolute atomic E-state index is 13.3. The first-order valence-corrected chi connectivity index (χ1v) is 13.3. The number of carboxylic acid groups (broad SMARTS) is 1. The smallest absolute Gasteiger partial charge is 0.341 e. The Kier molecular flexibility index (Phi) is 10.2. The third kappa shape index (κ3) is 6.30. The minimum atomic E-state index is -1.95. The fourth-order valence-electron chi connectivity index (χ4n) is 3.74. The lowest BCUT2D eigenvalue weighted by Gasteiger charge is -2.26. The van der Waals surface area contributed by atoms with Crippen LogP contribution in [0.15, 0.2) is 4.79 Å². The summed E-state index contributed by atoms with van der Waals surface area (Å²) in [7, 11) is -1.95. The van der Waals surface area contributed by atoms with Crippen LogP contribution in [0, 0.1) is 11.3 Å². The minimum absolute atomic E-state index is 0.0630. The number of nitrogens with two attached hydrogens (primary N) is 1. The predicted molar refractivity (Wildman–Crippen MR) is 136 cm³/mol. The zero-order valence-corrected chi connectivity index (χ0v) is 22.5. The number of carbonyl (C=O) groups is 1. The first-order chi connectivity index (χ1) is 18.0. The summed E-state index contributed by atoms with van der Waals surface area (Å²) in [6.07, 6.45) is -4.75. The largest absolute Gasteiger partial charge is 0.479 e. The molecule has 0 amide bonds. The molecular weight excluding hydrogens is 543 g/mol. The van der Waals surface area contributed by atoms with Crippen LogP contribution in [0.4, 0.5) is 0 Å². The minimum Gasteiger partial charge on any atom is -0.479 e. The number of fused-ring (bicyclic) bond motifs is 1. The van der Waals surface area contributed by atoms with Gasteiger partial charge in [-0.2, -0.15) is 19.7 Å². The molecule has 18 heteroatoms. The van der Waals surface area contributed by atoms with Crippen LogP contribution in [-0.2, 0) is 25.2 Å². The Morgan fingerprint density at radius 2 is 2.11 bits per heavy atom. The quantitative estimate of drug-likeness (QED) is 0.150. The van der Waals surface area contributed by atoms with Crippen LogP contribution in [0.25, 0.3) is 11.0 Å². The van der Waals surface area contributed by atoms with Crippen LogP contribution in [0.5, 0.6) is 0 Å². The van der Waals surface area contributed by atoms with Gasteiger partial charge in [-0.05, 0) is 32.5 Å². The second-order valence-electron chi connectivity index (χ2n) is 8.59. The summed E-state index contributed by atoms with van der Waals surface area (Å²) in [6.45, 7) is 4.59. The second-order valence-corrected chi connectivity index (χ2v) is 10.6. The van der Waals surface area contributed by atoms with Gasteiger partial charge in [0.05, 0.1) is 18.4 Å². The number of hydrogen-bond donors (Lipinski definition) is 5. The molecule has 0 radical (unpaired) electrons. The average Bonchev–Trinajstić information content (AvgIpc) is 3.36. The number of nitrogens with one attached hydrogen (secondary N) is 1. The maximum atomic E-state index is 13.3. The summed E-state index contributed by atoms with van der Waals surface area (Å²) in [5.41, 5.74) is 5.56. The highest BCUT2D eigenvalue weighted by atomic mass is 32.1. The molecule has 6 atom stereocenters. The van der Waals surface area contributed by atoms with Crippen molar-refractivity contribution in [3.8, 4) is 6.07 Å². The lowest BCUT2D eigenvalue weighted by atomic mass is 10.1. The maximum Gasteiger partial charge on any atom is 0.341 e. The topological polar surface area (TPSA) is 233 Å². The summed E-state index contributed by atoms with van der Waals surface area (Å²) < 4.78 is 18.3. The second kappa shape index (κ2) is 12.9. The van der Waals surface area contributed by atoms with Crippen molar-refractivity contribution in [1.82, 2.24) is 29.9 Å². The third-order valence-electron chi connectivity index (χ3n) is 5.35. The van der Waals surface area contributed by atoms with Crippen LogP contribution < -0.4 is 16.4 Å². The highest BCUT2D eigenvalue weighted by Gasteiger charge is 2.46. The lowest BCUT2D eigenvalue weighted by Crippen LogP contribution is -2.38. The Hall–Kier alpha value is -2.68. The number of hydrogen-bond acceptors (Lipinski definition) is 13. The molecule has 3 rings (SSSR count). The van der Waals surface area contributed by atoms with Gasteiger partial charge >= 0.3 is 5.97 Å². The Morgan fingerprint density at radius 1 is 1.39 bits per heavy atom. The highest BCUT2D eigenvalue weighted by Crippen LogP contribution is 2.40. The van der Waals surface area contributed by atoms with Crippen LogP contribution >= 0.6 is 20.5 Å². The van der Waals surface area contributed by atoms with Gasteiger partial charge in [0.15, 0.2) is 16.9 Å². The standard InChI is InChI=1S/C20H29N8O8PS/c1-4-5-10-12-13(27(24-10)20(22)38)16(31)28(26-23-12)17-15(30)14(29)11(36-17)8-34-19(18(32)33)37(25-9(2)3)35-7-6-21/h9,11,14-15,17,19,25,29-30H,4-5,7-8H2,1-3H3,(H2,22,38)(H,32,33). The number of nitriles is 1. The SMILES string of the molecule is CCCc1nn(C(N)=S)c2c(=O)n(C3OC(COC(C(=O)O)P(NC(C)C)OCC#N)C(O)C3O)nnc12. The molecule has 3 heterocycles. The van der Waals surface area contributed by atoms with E-state index in [2.05, 4.69) is 20.5 Å². The van der Waals surface area contributed by atoms with Crippen molar-refractivity contribution in [2.24, 2.45) is 5.73 Å². The molecule has 16 nitrogen and oxygen atoms in total. The Morgan fingerprint density at radius 3 is 2.68 bits per heavy atom. The average molecular weight is 573 g/mol. The van der Waals surface area contributed by atoms with E-state index in [0.717, 1.165) is 9.36 Å². The van der Waals surface area contributed by atoms with Crippen molar-refractivity contribution in [3.63, 3.8) is 0 Å². The van der Waals surface area contributed by atoms with Crippen LogP contribution in [0.3, 0.4) is 0 Å². The molecule has 0 saturated carbocycles. The fraction of sp³-hybridized carbons (Fsp3) is 0.650. The first kappa shape index (κ1) is 29.9. The number of nitrogens with zero attached hydrogens (tertiary/aromatic N) is 6. The number of rotatable bonds is 12. The number of thiocarbonyl (C=S) groups is 1. The van der Waals surface area contributed by atoms with Gasteiger partial charge in [-0.25, -0.2) is 4.79 Å². The van der Waals surface area contributed by atoms with Crippen molar-refractivity contribution in [3.05, 3.63) is 16.0 Å². The zero-order valence-electron chi connectivity index (χ0n) is 20.8. The van der Waals surface area contributed by atoms with E-state index >= 15 is 0 Å². The summed E-state index contributed by atoms with van der Waals surface area (Å²) in [4.78, 5) is 25.2. The predicted octanol–water partition coefficient (Wildman–Crippen LogP) is -1.07. The molecule has 1 saturated heterocycles. The zero-order chi connectivity index (χ0) is 28.1. The number of carboxylic acids is 1.